The molecule has 0 unspecified atom stereocenters. The number of methoxy groups -OCH3 is 1. The highest BCUT2D eigenvalue weighted by molar-refractivity contribution is 14.1. The van der Waals surface area contributed by atoms with Crippen molar-refractivity contribution in [3.8, 4) is 17.2 Å². The molecule has 2 rings (SSSR count). The van der Waals surface area contributed by atoms with Gasteiger partial charge in [-0.15, -0.1) is 0 Å². The van der Waals surface area contributed by atoms with Crippen molar-refractivity contribution in [1.29, 1.82) is 0 Å². The highest BCUT2D eigenvalue weighted by Crippen LogP contribution is 2.40. The van der Waals surface area contributed by atoms with Crippen LogP contribution in [0.3, 0.4) is 0 Å². The van der Waals surface area contributed by atoms with Crippen molar-refractivity contribution in [3.63, 3.8) is 0 Å². The molecule has 0 bridgehead atoms. The maximum atomic E-state index is 12.5. The van der Waals surface area contributed by atoms with Crippen molar-refractivity contribution < 1.29 is 19.4 Å². The predicted molar refractivity (Wildman–Crippen MR) is 146 cm³/mol. The van der Waals surface area contributed by atoms with Crippen molar-refractivity contribution in [2.45, 2.75) is 72.1 Å². The molecule has 0 fully saturated rings. The average Bonchev–Trinajstić information content (AvgIpc) is 2.71. The molecule has 0 aliphatic rings. The Morgan fingerprint density at radius 3 is 2.18 bits per heavy atom. The van der Waals surface area contributed by atoms with Gasteiger partial charge in [0.05, 0.1) is 23.5 Å². The van der Waals surface area contributed by atoms with E-state index in [9.17, 15) is 9.90 Å². The summed E-state index contributed by atoms with van der Waals surface area (Å²) in [5.74, 6) is 1.49. The van der Waals surface area contributed by atoms with E-state index < -0.39 is 0 Å². The first-order valence-electron chi connectivity index (χ1n) is 11.5. The number of hydrogen-bond acceptors (Lipinski definition) is 5. The molecule has 0 atom stereocenters. The van der Waals surface area contributed by atoms with Gasteiger partial charge in [-0.1, -0.05) is 53.7 Å². The van der Waals surface area contributed by atoms with E-state index in [1.165, 1.54) is 0 Å². The number of aryl methyl sites for hydroxylation is 1. The number of nitrogens with one attached hydrogen (secondary N) is 1. The number of phenols is 1. The molecule has 186 valence electrons. The number of nitrogens with zero attached hydrogens (tertiary/aromatic N) is 1. The third-order valence-electron chi connectivity index (χ3n) is 5.37. The summed E-state index contributed by atoms with van der Waals surface area (Å²) in [5, 5.41) is 15.0. The summed E-state index contributed by atoms with van der Waals surface area (Å²) in [6.07, 6.45) is 2.44. The number of hydrogen-bond donors (Lipinski definition) is 2. The molecule has 0 saturated carbocycles. The van der Waals surface area contributed by atoms with Crippen LogP contribution in [-0.2, 0) is 22.0 Å². The first-order valence-corrected chi connectivity index (χ1v) is 12.5. The summed E-state index contributed by atoms with van der Waals surface area (Å²) < 4.78 is 11.9. The molecule has 7 heteroatoms. The number of aromatic hydroxyl groups is 1. The first-order chi connectivity index (χ1) is 15.8. The van der Waals surface area contributed by atoms with Gasteiger partial charge in [0.25, 0.3) is 0 Å². The molecule has 2 N–H and O–H groups in total. The Balaban J connectivity index is 2.12. The van der Waals surface area contributed by atoms with E-state index in [0.29, 0.717) is 36.7 Å². The Kier molecular flexibility index (Phi) is 9.39. The number of halogens is 1. The summed E-state index contributed by atoms with van der Waals surface area (Å²) in [6.45, 7) is 14.9. The van der Waals surface area contributed by atoms with Crippen LogP contribution < -0.4 is 14.9 Å². The zero-order chi connectivity index (χ0) is 25.7. The minimum absolute atomic E-state index is 0.174. The van der Waals surface area contributed by atoms with Gasteiger partial charge in [0.1, 0.15) is 5.75 Å². The molecule has 0 heterocycles. The number of hydrazone groups is 1. The van der Waals surface area contributed by atoms with Crippen LogP contribution in [0.25, 0.3) is 0 Å². The Morgan fingerprint density at radius 1 is 1.09 bits per heavy atom. The number of carbonyl (C=O) groups is 1. The van der Waals surface area contributed by atoms with Crippen LogP contribution in [0.4, 0.5) is 0 Å². The fourth-order valence-electron chi connectivity index (χ4n) is 3.60. The van der Waals surface area contributed by atoms with Gasteiger partial charge in [-0.05, 0) is 81.2 Å². The highest BCUT2D eigenvalue weighted by Gasteiger charge is 2.26. The van der Waals surface area contributed by atoms with E-state index in [2.05, 4.69) is 74.7 Å². The normalized spacial score (nSPS) is 12.1. The van der Waals surface area contributed by atoms with Gasteiger partial charge in [0.15, 0.2) is 11.5 Å². The topological polar surface area (TPSA) is 80.2 Å². The number of rotatable bonds is 8. The summed E-state index contributed by atoms with van der Waals surface area (Å²) in [6, 6.07) is 7.76. The highest BCUT2D eigenvalue weighted by atomic mass is 127. The molecule has 0 radical (unpaired) electrons. The van der Waals surface area contributed by atoms with Crippen LogP contribution in [0, 0.1) is 3.57 Å². The minimum atomic E-state index is -0.205. The second-order valence-corrected chi connectivity index (χ2v) is 11.5. The molecule has 6 nitrogen and oxygen atoms in total. The molecule has 0 aliphatic heterocycles. The number of ether oxygens (including phenoxy) is 2. The number of carbonyl (C=O) groups excluding carboxylic acids is 1. The fraction of sp³-hybridized carbons (Fsp3) is 0.481. The smallest absolute Gasteiger partial charge is 0.240 e. The monoisotopic (exact) mass is 580 g/mol. The molecule has 0 aliphatic carbocycles. The number of phenolic OH excluding ortho intramolecular Hbond substituents is 1. The largest absolute Gasteiger partial charge is 0.507 e. The zero-order valence-electron chi connectivity index (χ0n) is 21.5. The lowest BCUT2D eigenvalue weighted by Gasteiger charge is -2.28. The molecule has 2 aromatic rings. The Bertz CT molecular complexity index is 1010. The van der Waals surface area contributed by atoms with Crippen LogP contribution >= 0.6 is 22.6 Å². The van der Waals surface area contributed by atoms with E-state index in [4.69, 9.17) is 9.47 Å². The summed E-state index contributed by atoms with van der Waals surface area (Å²) in [4.78, 5) is 12.5. The Hall–Kier alpha value is -2.29. The second kappa shape index (κ2) is 11.4. The molecule has 2 aromatic carbocycles. The van der Waals surface area contributed by atoms with Gasteiger partial charge in [-0.3, -0.25) is 4.79 Å². The van der Waals surface area contributed by atoms with Crippen LogP contribution in [-0.4, -0.2) is 30.9 Å². The van der Waals surface area contributed by atoms with Crippen LogP contribution in [0.5, 0.6) is 17.2 Å². The maximum Gasteiger partial charge on any atom is 0.240 e. The number of amides is 1. The van der Waals surface area contributed by atoms with Crippen molar-refractivity contribution in [3.05, 3.63) is 50.1 Å². The van der Waals surface area contributed by atoms with Gasteiger partial charge >= 0.3 is 0 Å². The molecular formula is C27H37IN2O4. The SMILES string of the molecule is CCOc1cc(/C=N\NC(=O)CCc2cc(C(C)(C)C)c(O)c(C(C)(C)C)c2)cc(I)c1OC. The van der Waals surface area contributed by atoms with Gasteiger partial charge in [0, 0.05) is 6.42 Å². The van der Waals surface area contributed by atoms with Gasteiger partial charge in [-0.25, -0.2) is 5.43 Å². The molecule has 0 saturated heterocycles. The lowest BCUT2D eigenvalue weighted by Crippen LogP contribution is -2.20. The zero-order valence-corrected chi connectivity index (χ0v) is 23.7. The van der Waals surface area contributed by atoms with Crippen molar-refractivity contribution in [2.75, 3.05) is 13.7 Å². The Labute approximate surface area is 217 Å². The van der Waals surface area contributed by atoms with E-state index in [-0.39, 0.29) is 16.7 Å². The average molecular weight is 581 g/mol. The lowest BCUT2D eigenvalue weighted by molar-refractivity contribution is -0.121. The fourth-order valence-corrected chi connectivity index (χ4v) is 4.44. The van der Waals surface area contributed by atoms with Crippen molar-refractivity contribution in [1.82, 2.24) is 5.43 Å². The molecule has 0 spiro atoms. The summed E-state index contributed by atoms with van der Waals surface area (Å²) >= 11 is 2.18. The lowest BCUT2D eigenvalue weighted by atomic mass is 9.78. The van der Waals surface area contributed by atoms with E-state index in [0.717, 1.165) is 25.8 Å². The van der Waals surface area contributed by atoms with Gasteiger partial charge < -0.3 is 14.6 Å². The van der Waals surface area contributed by atoms with Gasteiger partial charge in [-0.2, -0.15) is 5.10 Å². The van der Waals surface area contributed by atoms with Crippen LogP contribution in [0.2, 0.25) is 0 Å². The minimum Gasteiger partial charge on any atom is -0.507 e. The van der Waals surface area contributed by atoms with E-state index >= 15 is 0 Å². The second-order valence-electron chi connectivity index (χ2n) is 10.3. The Morgan fingerprint density at radius 2 is 1.68 bits per heavy atom. The standard InChI is InChI=1S/C27H37IN2O4/c1-9-34-22-15-18(14-21(28)25(22)33-8)16-29-30-23(31)11-10-17-12-19(26(2,3)4)24(32)20(13-17)27(5,6)7/h12-16,32H,9-11H2,1-8H3,(H,30,31)/b29-16-. The van der Waals surface area contributed by atoms with Crippen LogP contribution in [0.15, 0.2) is 29.4 Å². The summed E-state index contributed by atoms with van der Waals surface area (Å²) in [5.41, 5.74) is 5.82. The van der Waals surface area contributed by atoms with Crippen molar-refractivity contribution in [2.24, 2.45) is 5.10 Å². The van der Waals surface area contributed by atoms with Gasteiger partial charge in [0.2, 0.25) is 5.91 Å². The predicted octanol–water partition coefficient (Wildman–Crippen LogP) is 6.08. The number of benzene rings is 2. The quantitative estimate of drug-likeness (QED) is 0.225. The maximum absolute atomic E-state index is 12.5. The summed E-state index contributed by atoms with van der Waals surface area (Å²) in [7, 11) is 1.61. The first kappa shape index (κ1) is 28.0. The van der Waals surface area contributed by atoms with E-state index in [1.807, 2.05) is 31.2 Å². The molecular weight excluding hydrogens is 543 g/mol. The molecule has 0 aromatic heterocycles. The molecule has 34 heavy (non-hydrogen) atoms. The molecule has 1 amide bonds. The third-order valence-corrected chi connectivity index (χ3v) is 6.17. The van der Waals surface area contributed by atoms with Crippen LogP contribution in [0.1, 0.15) is 77.1 Å². The van der Waals surface area contributed by atoms with Crippen molar-refractivity contribution >= 4 is 34.7 Å². The third kappa shape index (κ3) is 7.35. The van der Waals surface area contributed by atoms with E-state index in [1.54, 1.807) is 13.3 Å².